The number of rotatable bonds is 6. The summed E-state index contributed by atoms with van der Waals surface area (Å²) in [7, 11) is 0. The first-order chi connectivity index (χ1) is 8.09. The predicted octanol–water partition coefficient (Wildman–Crippen LogP) is 4.79. The Morgan fingerprint density at radius 3 is 2.53 bits per heavy atom. The minimum Gasteiger partial charge on any atom is -0.380 e. The number of unbranched alkanes of at least 4 members (excludes halogenated alkanes) is 3. The summed E-state index contributed by atoms with van der Waals surface area (Å²) in [5.74, 6) is 0. The molecule has 0 bridgehead atoms. The van der Waals surface area contributed by atoms with E-state index in [4.69, 9.17) is 0 Å². The highest BCUT2D eigenvalue weighted by atomic mass is 127. The first-order valence-electron chi connectivity index (χ1n) is 6.23. The van der Waals surface area contributed by atoms with Crippen LogP contribution in [0.1, 0.15) is 45.1 Å². The van der Waals surface area contributed by atoms with Crippen LogP contribution in [-0.4, -0.2) is 5.11 Å². The number of aliphatic hydroxyl groups is 1. The van der Waals surface area contributed by atoms with Gasteiger partial charge in [0.25, 0.3) is 0 Å². The quantitative estimate of drug-likeness (QED) is 0.581. The van der Waals surface area contributed by atoms with Crippen LogP contribution in [0.5, 0.6) is 0 Å². The highest BCUT2D eigenvalue weighted by molar-refractivity contribution is 14.1. The predicted molar refractivity (Wildman–Crippen MR) is 82.3 cm³/mol. The summed E-state index contributed by atoms with van der Waals surface area (Å²) >= 11 is 2.25. The van der Waals surface area contributed by atoms with E-state index in [-0.39, 0.29) is 0 Å². The molecule has 1 N–H and O–H groups in total. The van der Waals surface area contributed by atoms with Crippen molar-refractivity contribution in [1.29, 1.82) is 0 Å². The van der Waals surface area contributed by atoms with Gasteiger partial charge in [0.1, 0.15) is 5.60 Å². The van der Waals surface area contributed by atoms with Crippen molar-refractivity contribution in [3.63, 3.8) is 0 Å². The van der Waals surface area contributed by atoms with E-state index in [0.29, 0.717) is 0 Å². The fourth-order valence-electron chi connectivity index (χ4n) is 1.72. The third-order valence-corrected chi connectivity index (χ3v) is 4.42. The number of benzene rings is 1. The SMILES string of the molecule is CCCCCC=C(I)C(C)(O)c1ccccc1. The van der Waals surface area contributed by atoms with Crippen molar-refractivity contribution >= 4 is 22.6 Å². The van der Waals surface area contributed by atoms with Crippen molar-refractivity contribution in [2.75, 3.05) is 0 Å². The molecule has 94 valence electrons. The Kier molecular flexibility index (Phi) is 6.20. The number of halogens is 1. The van der Waals surface area contributed by atoms with Gasteiger partial charge in [-0.2, -0.15) is 0 Å². The van der Waals surface area contributed by atoms with E-state index in [0.717, 1.165) is 15.6 Å². The summed E-state index contributed by atoms with van der Waals surface area (Å²) in [6, 6.07) is 9.84. The Morgan fingerprint density at radius 1 is 1.29 bits per heavy atom. The van der Waals surface area contributed by atoms with Gasteiger partial charge in [0, 0.05) is 3.58 Å². The van der Waals surface area contributed by atoms with Crippen molar-refractivity contribution in [1.82, 2.24) is 0 Å². The monoisotopic (exact) mass is 344 g/mol. The van der Waals surface area contributed by atoms with Crippen molar-refractivity contribution in [2.24, 2.45) is 0 Å². The van der Waals surface area contributed by atoms with Crippen LogP contribution in [0, 0.1) is 0 Å². The van der Waals surface area contributed by atoms with E-state index >= 15 is 0 Å². The zero-order valence-electron chi connectivity index (χ0n) is 10.6. The maximum Gasteiger partial charge on any atom is 0.117 e. The smallest absolute Gasteiger partial charge is 0.117 e. The van der Waals surface area contributed by atoms with Gasteiger partial charge in [0.15, 0.2) is 0 Å². The zero-order valence-corrected chi connectivity index (χ0v) is 12.8. The summed E-state index contributed by atoms with van der Waals surface area (Å²) in [5, 5.41) is 10.5. The molecule has 1 nitrogen and oxygen atoms in total. The first kappa shape index (κ1) is 14.7. The summed E-state index contributed by atoms with van der Waals surface area (Å²) in [5.41, 5.74) is 0.102. The van der Waals surface area contributed by atoms with Gasteiger partial charge in [-0.3, -0.25) is 0 Å². The minimum atomic E-state index is -0.853. The van der Waals surface area contributed by atoms with Crippen LogP contribution in [0.4, 0.5) is 0 Å². The number of allylic oxidation sites excluding steroid dienone is 1. The molecule has 0 aliphatic carbocycles. The molecule has 1 atom stereocenters. The minimum absolute atomic E-state index is 0.853. The molecule has 17 heavy (non-hydrogen) atoms. The maximum atomic E-state index is 10.5. The average molecular weight is 344 g/mol. The van der Waals surface area contributed by atoms with Crippen LogP contribution < -0.4 is 0 Å². The van der Waals surface area contributed by atoms with E-state index in [1.165, 1.54) is 19.3 Å². The Morgan fingerprint density at radius 2 is 1.94 bits per heavy atom. The highest BCUT2D eigenvalue weighted by Gasteiger charge is 2.25. The lowest BCUT2D eigenvalue weighted by molar-refractivity contribution is 0.109. The van der Waals surface area contributed by atoms with Gasteiger partial charge in [0.05, 0.1) is 0 Å². The second-order valence-corrected chi connectivity index (χ2v) is 5.65. The normalized spacial score (nSPS) is 15.6. The lowest BCUT2D eigenvalue weighted by Crippen LogP contribution is -2.21. The first-order valence-corrected chi connectivity index (χ1v) is 7.31. The lowest BCUT2D eigenvalue weighted by Gasteiger charge is -2.23. The molecule has 0 radical (unpaired) electrons. The zero-order chi connectivity index (χ0) is 12.7. The van der Waals surface area contributed by atoms with Crippen LogP contribution in [0.25, 0.3) is 0 Å². The molecule has 0 amide bonds. The van der Waals surface area contributed by atoms with Crippen LogP contribution in [0.15, 0.2) is 40.0 Å². The summed E-state index contributed by atoms with van der Waals surface area (Å²) < 4.78 is 1.01. The van der Waals surface area contributed by atoms with E-state index in [1.54, 1.807) is 0 Å². The molecular weight excluding hydrogens is 323 g/mol. The fourth-order valence-corrected chi connectivity index (χ4v) is 2.35. The standard InChI is InChI=1S/C15H21IO/c1-3-4-5-9-12-14(16)15(2,17)13-10-7-6-8-11-13/h6-8,10-12,17H,3-5,9H2,1-2H3. The van der Waals surface area contributed by atoms with Gasteiger partial charge in [-0.15, -0.1) is 0 Å². The van der Waals surface area contributed by atoms with Crippen LogP contribution in [-0.2, 0) is 5.60 Å². The molecule has 0 aliphatic rings. The molecule has 0 saturated heterocycles. The summed E-state index contributed by atoms with van der Waals surface area (Å²) in [6.45, 7) is 4.06. The van der Waals surface area contributed by atoms with Gasteiger partial charge in [0.2, 0.25) is 0 Å². The second-order valence-electron chi connectivity index (χ2n) is 4.49. The average Bonchev–Trinajstić information content (AvgIpc) is 2.35. The topological polar surface area (TPSA) is 20.2 Å². The second kappa shape index (κ2) is 7.17. The van der Waals surface area contributed by atoms with E-state index in [2.05, 4.69) is 35.6 Å². The van der Waals surface area contributed by atoms with Gasteiger partial charge < -0.3 is 5.11 Å². The summed E-state index contributed by atoms with van der Waals surface area (Å²) in [4.78, 5) is 0. The third-order valence-electron chi connectivity index (χ3n) is 2.93. The molecule has 1 unspecified atom stereocenters. The molecule has 0 aliphatic heterocycles. The fraction of sp³-hybridized carbons (Fsp3) is 0.467. The van der Waals surface area contributed by atoms with E-state index in [1.807, 2.05) is 37.3 Å². The third kappa shape index (κ3) is 4.43. The molecular formula is C15H21IO. The number of hydrogen-bond acceptors (Lipinski definition) is 1. The lowest BCUT2D eigenvalue weighted by atomic mass is 9.95. The van der Waals surface area contributed by atoms with Gasteiger partial charge in [-0.25, -0.2) is 0 Å². The van der Waals surface area contributed by atoms with Gasteiger partial charge in [-0.05, 0) is 47.9 Å². The molecule has 0 aromatic heterocycles. The molecule has 0 heterocycles. The maximum absolute atomic E-state index is 10.5. The summed E-state index contributed by atoms with van der Waals surface area (Å²) in [6.07, 6.45) is 6.90. The molecule has 2 heteroatoms. The molecule has 1 aromatic rings. The Bertz CT molecular complexity index is 354. The van der Waals surface area contributed by atoms with Crippen molar-refractivity contribution in [3.05, 3.63) is 45.6 Å². The van der Waals surface area contributed by atoms with Crippen molar-refractivity contribution in [3.8, 4) is 0 Å². The Balaban J connectivity index is 2.69. The van der Waals surface area contributed by atoms with E-state index < -0.39 is 5.60 Å². The molecule has 0 saturated carbocycles. The van der Waals surface area contributed by atoms with Gasteiger partial charge in [-0.1, -0.05) is 56.2 Å². The largest absolute Gasteiger partial charge is 0.380 e. The Hall–Kier alpha value is -0.350. The number of hydrogen-bond donors (Lipinski definition) is 1. The van der Waals surface area contributed by atoms with E-state index in [9.17, 15) is 5.11 Å². The van der Waals surface area contributed by atoms with Gasteiger partial charge >= 0.3 is 0 Å². The van der Waals surface area contributed by atoms with Crippen LogP contribution in [0.3, 0.4) is 0 Å². The molecule has 0 fully saturated rings. The van der Waals surface area contributed by atoms with Crippen LogP contribution >= 0.6 is 22.6 Å². The highest BCUT2D eigenvalue weighted by Crippen LogP contribution is 2.33. The van der Waals surface area contributed by atoms with Crippen LogP contribution in [0.2, 0.25) is 0 Å². The molecule has 1 rings (SSSR count). The van der Waals surface area contributed by atoms with Crippen molar-refractivity contribution in [2.45, 2.75) is 45.1 Å². The molecule has 1 aromatic carbocycles. The molecule has 0 spiro atoms. The Labute approximate surface area is 118 Å². The van der Waals surface area contributed by atoms with Crippen molar-refractivity contribution < 1.29 is 5.11 Å².